The molecule has 3 heterocycles. The zero-order valence-electron chi connectivity index (χ0n) is 29.8. The van der Waals surface area contributed by atoms with Crippen LogP contribution >= 0.6 is 11.6 Å². The first-order chi connectivity index (χ1) is 25.1. The van der Waals surface area contributed by atoms with Crippen molar-refractivity contribution in [3.05, 3.63) is 70.3 Å². The van der Waals surface area contributed by atoms with Gasteiger partial charge in [-0.15, -0.1) is 0 Å². The van der Waals surface area contributed by atoms with Crippen molar-refractivity contribution in [3.8, 4) is 5.75 Å². The second-order valence-electron chi connectivity index (χ2n) is 14.7. The Hall–Kier alpha value is -3.34. The van der Waals surface area contributed by atoms with Gasteiger partial charge in [0.2, 0.25) is 5.91 Å². The molecule has 12 nitrogen and oxygen atoms in total. The second kappa shape index (κ2) is 16.2. The number of nitrogens with two attached hydrogens (primary N) is 1. The molecule has 2 fully saturated rings. The summed E-state index contributed by atoms with van der Waals surface area (Å²) in [5, 5.41) is 17.8. The number of anilines is 1. The SMILES string of the molecule is CN1CC/C=C/[C@H](OCCN2CC(F)(F)C2)[C@@H]2CC[C@H]2CN2CCCCc3cc(Cl)ccc3COc3ccc(cc32)[C@@](O)(C(=O)NS(N)(=O)=O)CC1=O. The number of likely N-dealkylation sites (tertiary alicyclic amines) is 1. The van der Waals surface area contributed by atoms with E-state index in [1.165, 1.54) is 18.0 Å². The van der Waals surface area contributed by atoms with Crippen molar-refractivity contribution in [3.63, 3.8) is 0 Å². The predicted octanol–water partition coefficient (Wildman–Crippen LogP) is 3.74. The lowest BCUT2D eigenvalue weighted by Crippen LogP contribution is -2.57. The fraction of sp³-hybridized carbons (Fsp3) is 0.568. The Labute approximate surface area is 314 Å². The molecule has 0 radical (unpaired) electrons. The molecular weight excluding hydrogens is 732 g/mol. The van der Waals surface area contributed by atoms with E-state index in [9.17, 15) is 31.9 Å². The number of hydrogen-bond donors (Lipinski definition) is 3. The lowest BCUT2D eigenvalue weighted by molar-refractivity contribution is -0.148. The van der Waals surface area contributed by atoms with Gasteiger partial charge in [-0.3, -0.25) is 14.5 Å². The van der Waals surface area contributed by atoms with Gasteiger partial charge in [0, 0.05) is 38.2 Å². The number of alkyl halides is 2. The Bertz CT molecular complexity index is 1810. The molecule has 0 spiro atoms. The van der Waals surface area contributed by atoms with E-state index in [1.54, 1.807) is 21.8 Å². The number of aliphatic hydroxyl groups is 1. The number of carbonyl (C=O) groups is 2. The van der Waals surface area contributed by atoms with Crippen LogP contribution in [0.25, 0.3) is 0 Å². The molecule has 2 amide bonds. The summed E-state index contributed by atoms with van der Waals surface area (Å²) < 4.78 is 65.4. The van der Waals surface area contributed by atoms with Crippen molar-refractivity contribution in [2.24, 2.45) is 17.0 Å². The van der Waals surface area contributed by atoms with Crippen LogP contribution in [0.5, 0.6) is 5.75 Å². The van der Waals surface area contributed by atoms with Gasteiger partial charge in [0.05, 0.1) is 37.9 Å². The number of ether oxygens (including phenoxy) is 2. The highest BCUT2D eigenvalue weighted by atomic mass is 35.5. The van der Waals surface area contributed by atoms with Crippen LogP contribution in [0, 0.1) is 11.8 Å². The minimum absolute atomic E-state index is 0.00438. The van der Waals surface area contributed by atoms with E-state index in [1.807, 2.05) is 30.4 Å². The fourth-order valence-corrected chi connectivity index (χ4v) is 8.26. The first-order valence-corrected chi connectivity index (χ1v) is 20.0. The second-order valence-corrected chi connectivity index (χ2v) is 16.5. The number of halogens is 3. The van der Waals surface area contributed by atoms with Crippen molar-refractivity contribution < 1.29 is 41.4 Å². The highest BCUT2D eigenvalue weighted by molar-refractivity contribution is 7.87. The average Bonchev–Trinajstić information content (AvgIpc) is 3.09. The maximum Gasteiger partial charge on any atom is 0.298 e. The molecule has 1 saturated carbocycles. The molecule has 3 aliphatic heterocycles. The normalized spacial score (nSPS) is 27.5. The smallest absolute Gasteiger partial charge is 0.298 e. The topological polar surface area (TPSA) is 155 Å². The number of rotatable bonds is 6. The molecule has 4 aliphatic rings. The third kappa shape index (κ3) is 9.67. The van der Waals surface area contributed by atoms with Crippen molar-refractivity contribution in [2.75, 3.05) is 57.8 Å². The standard InChI is InChI=1S/C37H48ClF2N5O7S/c1-43-14-4-3-7-32(51-17-16-44-23-36(39,40)24-44)30-12-9-26(30)21-45-15-5-2-6-25-18-29(38)11-8-27(25)22-52-33-13-10-28(19-31(33)45)37(48,20-34(43)46)35(47)42-53(41,49)50/h3,7-8,10-11,13,18-19,26,30,32,48H,2,4-6,9,12,14-17,20-24H2,1H3,(H,42,47)(H2,41,49,50)/b7-3+/t26-,30+,32-,37+/m0/s1. The quantitative estimate of drug-likeness (QED) is 0.372. The molecule has 16 heteroatoms. The zero-order chi connectivity index (χ0) is 38.0. The summed E-state index contributed by atoms with van der Waals surface area (Å²) in [7, 11) is -3.05. The summed E-state index contributed by atoms with van der Waals surface area (Å²) >= 11 is 6.35. The van der Waals surface area contributed by atoms with Crippen molar-refractivity contribution in [2.45, 2.75) is 69.2 Å². The van der Waals surface area contributed by atoms with Gasteiger partial charge >= 0.3 is 0 Å². The van der Waals surface area contributed by atoms with Crippen molar-refractivity contribution in [1.29, 1.82) is 0 Å². The largest absolute Gasteiger partial charge is 0.487 e. The predicted molar refractivity (Wildman–Crippen MR) is 196 cm³/mol. The van der Waals surface area contributed by atoms with Crippen LogP contribution in [0.15, 0.2) is 48.6 Å². The average molecular weight is 780 g/mol. The van der Waals surface area contributed by atoms with Crippen LogP contribution in [-0.4, -0.2) is 100 Å². The lowest BCUT2D eigenvalue weighted by atomic mass is 9.70. The number of fused-ring (bicyclic) bond motifs is 3. The molecule has 4 atom stereocenters. The number of carbonyl (C=O) groups excluding carboxylic acids is 2. The van der Waals surface area contributed by atoms with Gasteiger partial charge in [-0.1, -0.05) is 35.9 Å². The monoisotopic (exact) mass is 779 g/mol. The number of aryl methyl sites for hydroxylation is 1. The van der Waals surface area contributed by atoms with Gasteiger partial charge in [0.1, 0.15) is 12.4 Å². The molecule has 0 aromatic heterocycles. The summed E-state index contributed by atoms with van der Waals surface area (Å²) in [5.74, 6) is -3.81. The molecule has 1 saturated heterocycles. The van der Waals surface area contributed by atoms with E-state index in [2.05, 4.69) is 4.90 Å². The molecule has 2 bridgehead atoms. The zero-order valence-corrected chi connectivity index (χ0v) is 31.4. The van der Waals surface area contributed by atoms with Crippen LogP contribution in [0.2, 0.25) is 5.02 Å². The summed E-state index contributed by atoms with van der Waals surface area (Å²) in [5.41, 5.74) is 0.0351. The van der Waals surface area contributed by atoms with Crippen LogP contribution in [0.3, 0.4) is 0 Å². The first kappa shape index (κ1) is 39.4. The highest BCUT2D eigenvalue weighted by Crippen LogP contribution is 2.43. The van der Waals surface area contributed by atoms with E-state index >= 15 is 0 Å². The number of nitrogens with one attached hydrogen (secondary N) is 1. The van der Waals surface area contributed by atoms with Gasteiger partial charge in [-0.2, -0.15) is 8.42 Å². The van der Waals surface area contributed by atoms with Crippen molar-refractivity contribution >= 4 is 39.3 Å². The van der Waals surface area contributed by atoms with Gasteiger partial charge < -0.3 is 24.4 Å². The first-order valence-electron chi connectivity index (χ1n) is 18.1. The van der Waals surface area contributed by atoms with Crippen LogP contribution in [0.1, 0.15) is 55.2 Å². The molecule has 290 valence electrons. The third-order valence-corrected chi connectivity index (χ3v) is 11.5. The van der Waals surface area contributed by atoms with Crippen molar-refractivity contribution in [1.82, 2.24) is 14.5 Å². The number of hydrogen-bond acceptors (Lipinski definition) is 9. The molecule has 6 rings (SSSR count). The van der Waals surface area contributed by atoms with Crippen LogP contribution < -0.4 is 19.5 Å². The summed E-state index contributed by atoms with van der Waals surface area (Å²) in [4.78, 5) is 32.3. The Balaban J connectivity index is 1.37. The van der Waals surface area contributed by atoms with E-state index in [4.69, 9.17) is 26.2 Å². The molecule has 2 aromatic carbocycles. The molecule has 53 heavy (non-hydrogen) atoms. The van der Waals surface area contributed by atoms with Gasteiger partial charge in [0.15, 0.2) is 5.60 Å². The van der Waals surface area contributed by atoms with Gasteiger partial charge in [0.25, 0.3) is 22.0 Å². The Morgan fingerprint density at radius 3 is 2.64 bits per heavy atom. The maximum absolute atomic E-state index is 13.6. The summed E-state index contributed by atoms with van der Waals surface area (Å²) in [6, 6.07) is 10.4. The van der Waals surface area contributed by atoms with Crippen LogP contribution in [-0.2, 0) is 43.2 Å². The van der Waals surface area contributed by atoms with Gasteiger partial charge in [-0.05, 0) is 91.3 Å². The molecule has 2 aromatic rings. The Kier molecular flexibility index (Phi) is 12.0. The van der Waals surface area contributed by atoms with E-state index < -0.39 is 40.0 Å². The number of amides is 2. The summed E-state index contributed by atoms with van der Waals surface area (Å²) in [6.45, 7) is 1.82. The maximum atomic E-state index is 13.6. The molecular formula is C37H48ClF2N5O7S. The van der Waals surface area contributed by atoms with Gasteiger partial charge in [-0.25, -0.2) is 18.6 Å². The molecule has 4 N–H and O–H groups in total. The lowest BCUT2D eigenvalue weighted by Gasteiger charge is -2.44. The van der Waals surface area contributed by atoms with E-state index in [-0.39, 0.29) is 49.7 Å². The van der Waals surface area contributed by atoms with Crippen LogP contribution in [0.4, 0.5) is 14.5 Å². The third-order valence-electron chi connectivity index (χ3n) is 10.8. The minimum Gasteiger partial charge on any atom is -0.487 e. The molecule has 0 unspecified atom stereocenters. The summed E-state index contributed by atoms with van der Waals surface area (Å²) in [6.07, 6.45) is 7.58. The number of benzene rings is 2. The fourth-order valence-electron chi connectivity index (χ4n) is 7.64. The Morgan fingerprint density at radius 1 is 1.13 bits per heavy atom. The van der Waals surface area contributed by atoms with E-state index in [0.29, 0.717) is 49.1 Å². The number of nitrogens with zero attached hydrogens (tertiary/aromatic N) is 3. The molecule has 1 aliphatic carbocycles. The minimum atomic E-state index is -4.58. The van der Waals surface area contributed by atoms with E-state index in [0.717, 1.165) is 43.2 Å². The Morgan fingerprint density at radius 2 is 1.92 bits per heavy atom. The highest BCUT2D eigenvalue weighted by Gasteiger charge is 2.45.